The van der Waals surface area contributed by atoms with Crippen molar-refractivity contribution < 1.29 is 9.53 Å². The Morgan fingerprint density at radius 3 is 3.00 bits per heavy atom. The van der Waals surface area contributed by atoms with Gasteiger partial charge in [0.1, 0.15) is 11.6 Å². The van der Waals surface area contributed by atoms with Crippen LogP contribution >= 0.6 is 11.8 Å². The fourth-order valence-electron chi connectivity index (χ4n) is 2.05. The summed E-state index contributed by atoms with van der Waals surface area (Å²) in [6.45, 7) is 1.40. The topological polar surface area (TPSA) is 82.3 Å². The van der Waals surface area contributed by atoms with Gasteiger partial charge in [-0.2, -0.15) is 5.26 Å². The summed E-state index contributed by atoms with van der Waals surface area (Å²) < 4.78 is 5.52. The second-order valence-electron chi connectivity index (χ2n) is 4.74. The Kier molecular flexibility index (Phi) is 4.98. The van der Waals surface area contributed by atoms with Gasteiger partial charge in [0.25, 0.3) is 5.91 Å². The number of ether oxygens (including phenoxy) is 1. The summed E-state index contributed by atoms with van der Waals surface area (Å²) in [6, 6.07) is 2.10. The summed E-state index contributed by atoms with van der Waals surface area (Å²) in [5, 5.41) is 9.81. The molecule has 8 heteroatoms. The van der Waals surface area contributed by atoms with E-state index in [2.05, 4.69) is 16.0 Å². The van der Waals surface area contributed by atoms with Gasteiger partial charge in [-0.15, -0.1) is 0 Å². The van der Waals surface area contributed by atoms with Crippen LogP contribution in [0.4, 0.5) is 5.82 Å². The molecule has 1 atom stereocenters. The zero-order valence-corrected chi connectivity index (χ0v) is 13.1. The van der Waals surface area contributed by atoms with E-state index in [0.717, 1.165) is 0 Å². The second kappa shape index (κ2) is 6.74. The molecule has 1 saturated heterocycles. The Hall–Kier alpha value is -1.85. The minimum Gasteiger partial charge on any atom is -0.365 e. The Morgan fingerprint density at radius 2 is 2.38 bits per heavy atom. The molecule has 0 aliphatic carbocycles. The van der Waals surface area contributed by atoms with Gasteiger partial charge in [-0.05, 0) is 6.26 Å². The second-order valence-corrected chi connectivity index (χ2v) is 5.52. The van der Waals surface area contributed by atoms with Crippen LogP contribution in [0, 0.1) is 11.3 Å². The molecule has 1 aromatic rings. The first-order valence-electron chi connectivity index (χ1n) is 6.45. The molecular weight excluding hydrogens is 290 g/mol. The fraction of sp³-hybridized carbons (Fsp3) is 0.538. The van der Waals surface area contributed by atoms with Crippen molar-refractivity contribution in [3.05, 3.63) is 11.8 Å². The van der Waals surface area contributed by atoms with Crippen molar-refractivity contribution in [1.82, 2.24) is 14.9 Å². The van der Waals surface area contributed by atoms with Gasteiger partial charge in [0.05, 0.1) is 19.3 Å². The van der Waals surface area contributed by atoms with Crippen LogP contribution in [-0.2, 0) is 9.53 Å². The summed E-state index contributed by atoms with van der Waals surface area (Å²) in [7, 11) is 3.39. The van der Waals surface area contributed by atoms with Gasteiger partial charge in [0.15, 0.2) is 17.1 Å². The first-order valence-corrected chi connectivity index (χ1v) is 7.68. The predicted octanol–water partition coefficient (Wildman–Crippen LogP) is 0.364. The van der Waals surface area contributed by atoms with Crippen LogP contribution in [0.5, 0.6) is 0 Å². The maximum atomic E-state index is 12.0. The molecule has 1 aliphatic heterocycles. The normalized spacial score (nSPS) is 18.2. The average Bonchev–Trinajstić information content (AvgIpc) is 2.53. The van der Waals surface area contributed by atoms with Gasteiger partial charge in [0, 0.05) is 20.6 Å². The molecule has 0 saturated carbocycles. The third-order valence-corrected chi connectivity index (χ3v) is 3.69. The van der Waals surface area contributed by atoms with E-state index in [1.54, 1.807) is 14.1 Å². The number of morpholine rings is 1. The number of aromatic nitrogens is 2. The predicted molar refractivity (Wildman–Crippen MR) is 79.2 cm³/mol. The SMILES string of the molecule is CSc1ncc(C#N)c(N2CCOC(C(=O)N(C)C)C2)n1. The maximum Gasteiger partial charge on any atom is 0.253 e. The van der Waals surface area contributed by atoms with Crippen molar-refractivity contribution in [1.29, 1.82) is 5.26 Å². The van der Waals surface area contributed by atoms with E-state index in [-0.39, 0.29) is 5.91 Å². The molecule has 1 amide bonds. The molecule has 0 bridgehead atoms. The van der Waals surface area contributed by atoms with Crippen LogP contribution in [0.25, 0.3) is 0 Å². The quantitative estimate of drug-likeness (QED) is 0.589. The number of hydrogen-bond acceptors (Lipinski definition) is 7. The molecule has 1 aliphatic rings. The lowest BCUT2D eigenvalue weighted by molar-refractivity contribution is -0.141. The first kappa shape index (κ1) is 15.5. The molecule has 1 aromatic heterocycles. The monoisotopic (exact) mass is 307 g/mol. The zero-order valence-electron chi connectivity index (χ0n) is 12.2. The smallest absolute Gasteiger partial charge is 0.253 e. The molecule has 2 heterocycles. The minimum atomic E-state index is -0.534. The van der Waals surface area contributed by atoms with Crippen LogP contribution in [0.2, 0.25) is 0 Å². The van der Waals surface area contributed by atoms with Gasteiger partial charge >= 0.3 is 0 Å². The molecule has 0 aromatic carbocycles. The Labute approximate surface area is 127 Å². The van der Waals surface area contributed by atoms with Crippen molar-refractivity contribution in [2.24, 2.45) is 0 Å². The summed E-state index contributed by atoms with van der Waals surface area (Å²) in [5.74, 6) is 0.481. The fourth-order valence-corrected chi connectivity index (χ4v) is 2.39. The number of amides is 1. The number of nitrogens with zero attached hydrogens (tertiary/aromatic N) is 5. The molecule has 1 unspecified atom stereocenters. The van der Waals surface area contributed by atoms with E-state index in [4.69, 9.17) is 4.74 Å². The Morgan fingerprint density at radius 1 is 1.62 bits per heavy atom. The third kappa shape index (κ3) is 3.43. The van der Waals surface area contributed by atoms with Crippen LogP contribution in [0.3, 0.4) is 0 Å². The average molecular weight is 307 g/mol. The van der Waals surface area contributed by atoms with Gasteiger partial charge in [0.2, 0.25) is 0 Å². The van der Waals surface area contributed by atoms with Crippen LogP contribution < -0.4 is 4.90 Å². The largest absolute Gasteiger partial charge is 0.365 e. The minimum absolute atomic E-state index is 0.0858. The van der Waals surface area contributed by atoms with Crippen LogP contribution in [0.15, 0.2) is 11.4 Å². The molecule has 7 nitrogen and oxygen atoms in total. The molecule has 21 heavy (non-hydrogen) atoms. The van der Waals surface area contributed by atoms with Crippen molar-refractivity contribution in [2.45, 2.75) is 11.3 Å². The summed E-state index contributed by atoms with van der Waals surface area (Å²) in [6.07, 6.45) is 2.86. The highest BCUT2D eigenvalue weighted by molar-refractivity contribution is 7.98. The molecule has 2 rings (SSSR count). The lowest BCUT2D eigenvalue weighted by atomic mass is 10.2. The van der Waals surface area contributed by atoms with E-state index in [1.807, 2.05) is 11.2 Å². The number of hydrogen-bond donors (Lipinski definition) is 0. The number of likely N-dealkylation sites (N-methyl/N-ethyl adjacent to an activating group) is 1. The number of anilines is 1. The molecule has 0 spiro atoms. The highest BCUT2D eigenvalue weighted by Crippen LogP contribution is 2.22. The number of rotatable bonds is 3. The molecule has 1 fully saturated rings. The van der Waals surface area contributed by atoms with Crippen LogP contribution in [0.1, 0.15) is 5.56 Å². The van der Waals surface area contributed by atoms with E-state index in [0.29, 0.717) is 36.2 Å². The van der Waals surface area contributed by atoms with Gasteiger partial charge in [-0.1, -0.05) is 11.8 Å². The first-order chi connectivity index (χ1) is 10.1. The highest BCUT2D eigenvalue weighted by Gasteiger charge is 2.29. The molecule has 0 N–H and O–H groups in total. The van der Waals surface area contributed by atoms with E-state index >= 15 is 0 Å². The molecular formula is C13H17N5O2S. The Balaban J connectivity index is 2.25. The highest BCUT2D eigenvalue weighted by atomic mass is 32.2. The third-order valence-electron chi connectivity index (χ3n) is 3.13. The van der Waals surface area contributed by atoms with Gasteiger partial charge < -0.3 is 14.5 Å². The van der Waals surface area contributed by atoms with E-state index < -0.39 is 6.10 Å². The van der Waals surface area contributed by atoms with Crippen molar-refractivity contribution in [2.75, 3.05) is 44.9 Å². The van der Waals surface area contributed by atoms with Gasteiger partial charge in [-0.3, -0.25) is 4.79 Å². The summed E-state index contributed by atoms with van der Waals surface area (Å²) >= 11 is 1.41. The number of thioether (sulfide) groups is 1. The molecule has 0 radical (unpaired) electrons. The van der Waals surface area contributed by atoms with Crippen molar-refractivity contribution >= 4 is 23.5 Å². The molecule has 112 valence electrons. The van der Waals surface area contributed by atoms with Crippen LogP contribution in [-0.4, -0.2) is 66.9 Å². The van der Waals surface area contributed by atoms with E-state index in [1.165, 1.54) is 22.9 Å². The lowest BCUT2D eigenvalue weighted by Crippen LogP contribution is -2.50. The summed E-state index contributed by atoms with van der Waals surface area (Å²) in [5.41, 5.74) is 0.408. The maximum absolute atomic E-state index is 12.0. The van der Waals surface area contributed by atoms with Crippen molar-refractivity contribution in [3.63, 3.8) is 0 Å². The van der Waals surface area contributed by atoms with E-state index in [9.17, 15) is 10.1 Å². The number of nitriles is 1. The summed E-state index contributed by atoms with van der Waals surface area (Å²) in [4.78, 5) is 23.9. The van der Waals surface area contributed by atoms with Gasteiger partial charge in [-0.25, -0.2) is 9.97 Å². The Bertz CT molecular complexity index is 572. The number of carbonyl (C=O) groups is 1. The number of carbonyl (C=O) groups excluding carboxylic acids is 1. The zero-order chi connectivity index (χ0) is 15.4. The standard InChI is InChI=1S/C13H17N5O2S/c1-17(2)12(19)10-8-18(4-5-20-10)11-9(6-14)7-15-13(16-11)21-3/h7,10H,4-5,8H2,1-3H3. The van der Waals surface area contributed by atoms with Crippen molar-refractivity contribution in [3.8, 4) is 6.07 Å². The lowest BCUT2D eigenvalue weighted by Gasteiger charge is -2.34.